The average molecular weight is 298 g/mol. The molecule has 0 radical (unpaired) electrons. The zero-order chi connectivity index (χ0) is 15.5. The van der Waals surface area contributed by atoms with Gasteiger partial charge in [0.05, 0.1) is 0 Å². The zero-order valence-corrected chi connectivity index (χ0v) is 12.0. The van der Waals surface area contributed by atoms with E-state index in [0.717, 1.165) is 31.4 Å². The molecule has 4 nitrogen and oxygen atoms in total. The Morgan fingerprint density at radius 1 is 1.43 bits per heavy atom. The Hall–Kier alpha value is -1.69. The molecule has 1 aliphatic rings. The Morgan fingerprint density at radius 2 is 2.05 bits per heavy atom. The summed E-state index contributed by atoms with van der Waals surface area (Å²) in [4.78, 5) is 11.9. The summed E-state index contributed by atoms with van der Waals surface area (Å²) >= 11 is 0. The lowest BCUT2D eigenvalue weighted by molar-refractivity contribution is -0.126. The smallest absolute Gasteiger partial charge is 0.241 e. The van der Waals surface area contributed by atoms with E-state index >= 15 is 0 Å². The lowest BCUT2D eigenvalue weighted by atomic mass is 9.93. The first-order valence-electron chi connectivity index (χ1n) is 7.13. The van der Waals surface area contributed by atoms with Crippen LogP contribution in [-0.2, 0) is 4.79 Å². The van der Waals surface area contributed by atoms with Crippen LogP contribution in [0.4, 0.5) is 8.78 Å². The van der Waals surface area contributed by atoms with Gasteiger partial charge in [-0.2, -0.15) is 0 Å². The van der Waals surface area contributed by atoms with Gasteiger partial charge < -0.3 is 15.8 Å². The fraction of sp³-hybridized carbons (Fsp3) is 0.533. The highest BCUT2D eigenvalue weighted by Crippen LogP contribution is 2.40. The fourth-order valence-corrected chi connectivity index (χ4v) is 2.40. The second-order valence-corrected chi connectivity index (χ2v) is 5.38. The van der Waals surface area contributed by atoms with E-state index in [4.69, 9.17) is 10.5 Å². The van der Waals surface area contributed by atoms with Crippen LogP contribution in [0.1, 0.15) is 26.2 Å². The molecule has 1 aliphatic carbocycles. The number of amides is 1. The molecule has 0 saturated heterocycles. The lowest BCUT2D eigenvalue weighted by Crippen LogP contribution is -2.61. The van der Waals surface area contributed by atoms with Crippen molar-refractivity contribution in [1.29, 1.82) is 0 Å². The van der Waals surface area contributed by atoms with Gasteiger partial charge in [-0.1, -0.05) is 13.0 Å². The number of ether oxygens (including phenoxy) is 1. The average Bonchev–Trinajstić information content (AvgIpc) is 3.26. The summed E-state index contributed by atoms with van der Waals surface area (Å²) in [5.41, 5.74) is 4.46. The van der Waals surface area contributed by atoms with Crippen molar-refractivity contribution in [3.8, 4) is 5.75 Å². The third kappa shape index (κ3) is 3.32. The molecule has 0 aliphatic heterocycles. The Kier molecular flexibility index (Phi) is 4.77. The van der Waals surface area contributed by atoms with E-state index < -0.39 is 28.8 Å². The van der Waals surface area contributed by atoms with Gasteiger partial charge in [-0.3, -0.25) is 4.79 Å². The van der Waals surface area contributed by atoms with E-state index in [9.17, 15) is 13.6 Å². The van der Waals surface area contributed by atoms with Crippen molar-refractivity contribution in [2.24, 2.45) is 11.7 Å². The van der Waals surface area contributed by atoms with Gasteiger partial charge in [-0.15, -0.1) is 0 Å². The topological polar surface area (TPSA) is 64.3 Å². The van der Waals surface area contributed by atoms with Crippen LogP contribution in [0, 0.1) is 17.6 Å². The molecule has 21 heavy (non-hydrogen) atoms. The largest absolute Gasteiger partial charge is 0.485 e. The number of hydrogen-bond donors (Lipinski definition) is 2. The Balaban J connectivity index is 2.17. The van der Waals surface area contributed by atoms with E-state index in [1.54, 1.807) is 0 Å². The number of primary amides is 1. The predicted molar refractivity (Wildman–Crippen MR) is 74.8 cm³/mol. The van der Waals surface area contributed by atoms with Crippen molar-refractivity contribution in [1.82, 2.24) is 5.32 Å². The summed E-state index contributed by atoms with van der Waals surface area (Å²) in [6.07, 6.45) is 2.52. The van der Waals surface area contributed by atoms with Gasteiger partial charge in [0.1, 0.15) is 12.1 Å². The number of benzene rings is 1. The Labute approximate surface area is 122 Å². The number of carbonyl (C=O) groups excluding carboxylic acids is 1. The SMILES string of the molecule is CCCNC(COc1c(F)cccc1F)(C(N)=O)C1CC1. The molecule has 1 saturated carbocycles. The van der Waals surface area contributed by atoms with Gasteiger partial charge in [-0.25, -0.2) is 8.78 Å². The monoisotopic (exact) mass is 298 g/mol. The predicted octanol–water partition coefficient (Wildman–Crippen LogP) is 1.98. The number of hydrogen-bond acceptors (Lipinski definition) is 3. The first kappa shape index (κ1) is 15.7. The van der Waals surface area contributed by atoms with E-state index in [1.807, 2.05) is 6.92 Å². The van der Waals surface area contributed by atoms with Crippen LogP contribution in [0.2, 0.25) is 0 Å². The molecule has 3 N–H and O–H groups in total. The summed E-state index contributed by atoms with van der Waals surface area (Å²) in [6.45, 7) is 2.37. The molecular formula is C15H20F2N2O2. The standard InChI is InChI=1S/C15H20F2N2O2/c1-2-8-19-15(14(18)20,10-6-7-10)9-21-13-11(16)4-3-5-12(13)17/h3-5,10,19H,2,6-9H2,1H3,(H2,18,20). The molecule has 1 aromatic carbocycles. The summed E-state index contributed by atoms with van der Waals surface area (Å²) in [6, 6.07) is 3.48. The number of rotatable bonds is 8. The highest BCUT2D eigenvalue weighted by atomic mass is 19.1. The molecule has 1 atom stereocenters. The third-order valence-corrected chi connectivity index (χ3v) is 3.77. The molecule has 6 heteroatoms. The van der Waals surface area contributed by atoms with Gasteiger partial charge in [0.25, 0.3) is 0 Å². The molecule has 0 bridgehead atoms. The summed E-state index contributed by atoms with van der Waals surface area (Å²) in [7, 11) is 0. The maximum atomic E-state index is 13.6. The third-order valence-electron chi connectivity index (χ3n) is 3.77. The van der Waals surface area contributed by atoms with Crippen molar-refractivity contribution >= 4 is 5.91 Å². The van der Waals surface area contributed by atoms with Gasteiger partial charge in [-0.05, 0) is 43.9 Å². The van der Waals surface area contributed by atoms with Crippen LogP contribution in [0.5, 0.6) is 5.75 Å². The summed E-state index contributed by atoms with van der Waals surface area (Å²) < 4.78 is 32.5. The van der Waals surface area contributed by atoms with Crippen molar-refractivity contribution in [3.05, 3.63) is 29.8 Å². The molecule has 1 unspecified atom stereocenters. The van der Waals surface area contributed by atoms with Crippen molar-refractivity contribution in [2.45, 2.75) is 31.7 Å². The molecule has 1 fully saturated rings. The van der Waals surface area contributed by atoms with Crippen LogP contribution in [0.15, 0.2) is 18.2 Å². The van der Waals surface area contributed by atoms with Gasteiger partial charge in [0.2, 0.25) is 5.91 Å². The first-order chi connectivity index (χ1) is 10.0. The van der Waals surface area contributed by atoms with Gasteiger partial charge in [0, 0.05) is 0 Å². The Morgan fingerprint density at radius 3 is 2.52 bits per heavy atom. The quantitative estimate of drug-likeness (QED) is 0.771. The number of carbonyl (C=O) groups is 1. The van der Waals surface area contributed by atoms with Crippen molar-refractivity contribution in [2.75, 3.05) is 13.2 Å². The number of para-hydroxylation sites is 1. The number of nitrogens with two attached hydrogens (primary N) is 1. The molecule has 1 aromatic rings. The second kappa shape index (κ2) is 6.39. The van der Waals surface area contributed by atoms with Crippen LogP contribution < -0.4 is 15.8 Å². The molecule has 0 spiro atoms. The highest BCUT2D eigenvalue weighted by molar-refractivity contribution is 5.85. The number of halogens is 2. The maximum Gasteiger partial charge on any atom is 0.241 e. The molecule has 2 rings (SSSR count). The zero-order valence-electron chi connectivity index (χ0n) is 12.0. The molecule has 0 aromatic heterocycles. The fourth-order valence-electron chi connectivity index (χ4n) is 2.40. The summed E-state index contributed by atoms with van der Waals surface area (Å²) in [5, 5.41) is 3.11. The van der Waals surface area contributed by atoms with Crippen molar-refractivity contribution in [3.63, 3.8) is 0 Å². The molecule has 1 amide bonds. The highest BCUT2D eigenvalue weighted by Gasteiger charge is 2.50. The normalized spacial score (nSPS) is 17.3. The molecular weight excluding hydrogens is 278 g/mol. The van der Waals surface area contributed by atoms with Gasteiger partial charge in [0.15, 0.2) is 17.4 Å². The van der Waals surface area contributed by atoms with E-state index in [1.165, 1.54) is 6.07 Å². The van der Waals surface area contributed by atoms with E-state index in [2.05, 4.69) is 5.32 Å². The van der Waals surface area contributed by atoms with Crippen LogP contribution >= 0.6 is 0 Å². The minimum Gasteiger partial charge on any atom is -0.485 e. The van der Waals surface area contributed by atoms with Crippen molar-refractivity contribution < 1.29 is 18.3 Å². The second-order valence-electron chi connectivity index (χ2n) is 5.38. The van der Waals surface area contributed by atoms with Crippen LogP contribution in [-0.4, -0.2) is 24.6 Å². The van der Waals surface area contributed by atoms with Gasteiger partial charge >= 0.3 is 0 Å². The van der Waals surface area contributed by atoms with E-state index in [-0.39, 0.29) is 12.5 Å². The van der Waals surface area contributed by atoms with E-state index in [0.29, 0.717) is 6.54 Å². The molecule has 0 heterocycles. The molecule has 116 valence electrons. The maximum absolute atomic E-state index is 13.6. The Bertz CT molecular complexity index is 500. The minimum atomic E-state index is -1.06. The first-order valence-corrected chi connectivity index (χ1v) is 7.13. The summed E-state index contributed by atoms with van der Waals surface area (Å²) in [5.74, 6) is -2.55. The van der Waals surface area contributed by atoms with Crippen LogP contribution in [0.25, 0.3) is 0 Å². The number of nitrogens with one attached hydrogen (secondary N) is 1. The van der Waals surface area contributed by atoms with Crippen LogP contribution in [0.3, 0.4) is 0 Å². The lowest BCUT2D eigenvalue weighted by Gasteiger charge is -2.32. The minimum absolute atomic E-state index is 0.0522.